The molecular weight excluding hydrogens is 406 g/mol. The molecule has 8 nitrogen and oxygen atoms in total. The Balaban J connectivity index is 1.50. The summed E-state index contributed by atoms with van der Waals surface area (Å²) < 4.78 is 35.2. The lowest BCUT2D eigenvalue weighted by Gasteiger charge is -2.22. The highest BCUT2D eigenvalue weighted by molar-refractivity contribution is 7.87. The highest BCUT2D eigenvalue weighted by atomic mass is 32.2. The number of hydrogen-bond donors (Lipinski definition) is 2. The lowest BCUT2D eigenvalue weighted by Crippen LogP contribution is -2.11. The molecule has 1 aliphatic rings. The predicted molar refractivity (Wildman–Crippen MR) is 112 cm³/mol. The summed E-state index contributed by atoms with van der Waals surface area (Å²) in [5.41, 5.74) is 2.24. The van der Waals surface area contributed by atoms with Crippen molar-refractivity contribution in [3.8, 4) is 5.75 Å². The predicted octanol–water partition coefficient (Wildman–Crippen LogP) is 4.56. The van der Waals surface area contributed by atoms with Crippen LogP contribution in [0.15, 0.2) is 47.4 Å². The van der Waals surface area contributed by atoms with Crippen molar-refractivity contribution < 1.29 is 22.1 Å². The number of carbonyl (C=O) groups is 1. The molecule has 1 heterocycles. The van der Waals surface area contributed by atoms with Crippen molar-refractivity contribution in [2.75, 3.05) is 12.4 Å². The van der Waals surface area contributed by atoms with Gasteiger partial charge < -0.3 is 13.9 Å². The minimum absolute atomic E-state index is 0.109. The van der Waals surface area contributed by atoms with E-state index >= 15 is 0 Å². The van der Waals surface area contributed by atoms with Gasteiger partial charge in [0.1, 0.15) is 10.6 Å². The standard InChI is InChI=1S/C21H23N3O5S/c1-28-21(25)24-20-22-18-12-9-16(13-19(18)23-20)29-30(26,27)17-10-7-15(8-11-17)14-5-3-2-4-6-14/h7-14H,2-6H2,1H3,(H2,22,23,24,25). The van der Waals surface area contributed by atoms with E-state index in [9.17, 15) is 13.2 Å². The summed E-state index contributed by atoms with van der Waals surface area (Å²) in [5.74, 6) is 0.830. The molecule has 1 fully saturated rings. The van der Waals surface area contributed by atoms with Gasteiger partial charge in [-0.25, -0.2) is 9.78 Å². The highest BCUT2D eigenvalue weighted by Gasteiger charge is 2.20. The van der Waals surface area contributed by atoms with Gasteiger partial charge in [0.15, 0.2) is 0 Å². The molecule has 0 unspecified atom stereocenters. The van der Waals surface area contributed by atoms with Crippen molar-refractivity contribution in [1.29, 1.82) is 0 Å². The Kier molecular flexibility index (Phi) is 5.63. The molecule has 1 saturated carbocycles. The van der Waals surface area contributed by atoms with Gasteiger partial charge in [-0.2, -0.15) is 8.42 Å². The fourth-order valence-corrected chi connectivity index (χ4v) is 4.68. The minimum atomic E-state index is -3.97. The minimum Gasteiger partial charge on any atom is -0.453 e. The molecule has 4 rings (SSSR count). The molecule has 1 amide bonds. The topological polar surface area (TPSA) is 110 Å². The molecule has 9 heteroatoms. The van der Waals surface area contributed by atoms with E-state index in [1.165, 1.54) is 44.1 Å². The molecule has 158 valence electrons. The zero-order valence-corrected chi connectivity index (χ0v) is 17.4. The summed E-state index contributed by atoms with van der Waals surface area (Å²) >= 11 is 0. The maximum Gasteiger partial charge on any atom is 0.413 e. The van der Waals surface area contributed by atoms with Crippen LogP contribution >= 0.6 is 0 Å². The first-order valence-corrected chi connectivity index (χ1v) is 11.2. The maximum absolute atomic E-state index is 12.7. The lowest BCUT2D eigenvalue weighted by molar-refractivity contribution is 0.186. The van der Waals surface area contributed by atoms with Crippen molar-refractivity contribution in [2.45, 2.75) is 42.9 Å². The number of aromatic amines is 1. The second-order valence-corrected chi connectivity index (χ2v) is 8.87. The first-order valence-electron chi connectivity index (χ1n) is 9.84. The average molecular weight is 429 g/mol. The number of anilines is 1. The molecule has 3 aromatic rings. The molecule has 2 aromatic carbocycles. The zero-order valence-electron chi connectivity index (χ0n) is 16.6. The molecule has 1 aromatic heterocycles. The number of ether oxygens (including phenoxy) is 1. The normalized spacial score (nSPS) is 15.1. The van der Waals surface area contributed by atoms with E-state index in [4.69, 9.17) is 4.18 Å². The lowest BCUT2D eigenvalue weighted by atomic mass is 9.84. The Hall–Kier alpha value is -3.07. The van der Waals surface area contributed by atoms with Crippen LogP contribution in [0.3, 0.4) is 0 Å². The van der Waals surface area contributed by atoms with Crippen LogP contribution in [0.1, 0.15) is 43.6 Å². The van der Waals surface area contributed by atoms with Gasteiger partial charge in [-0.3, -0.25) is 5.32 Å². The van der Waals surface area contributed by atoms with Crippen LogP contribution in [-0.2, 0) is 14.9 Å². The van der Waals surface area contributed by atoms with Gasteiger partial charge in [0, 0.05) is 6.07 Å². The van der Waals surface area contributed by atoms with E-state index in [1.807, 2.05) is 12.1 Å². The van der Waals surface area contributed by atoms with Crippen LogP contribution in [0.5, 0.6) is 5.75 Å². The monoisotopic (exact) mass is 429 g/mol. The largest absolute Gasteiger partial charge is 0.453 e. The van der Waals surface area contributed by atoms with E-state index in [0.29, 0.717) is 17.0 Å². The van der Waals surface area contributed by atoms with Crippen molar-refractivity contribution in [3.05, 3.63) is 48.0 Å². The van der Waals surface area contributed by atoms with Crippen LogP contribution in [0.2, 0.25) is 0 Å². The number of imidazole rings is 1. The summed E-state index contributed by atoms with van der Waals surface area (Å²) in [7, 11) is -2.73. The third-order valence-corrected chi connectivity index (χ3v) is 6.57. The van der Waals surface area contributed by atoms with Crippen LogP contribution < -0.4 is 9.50 Å². The maximum atomic E-state index is 12.7. The molecule has 0 bridgehead atoms. The number of fused-ring (bicyclic) bond motifs is 1. The summed E-state index contributed by atoms with van der Waals surface area (Å²) in [4.78, 5) is 18.5. The molecular formula is C21H23N3O5S. The van der Waals surface area contributed by atoms with E-state index < -0.39 is 16.2 Å². The number of aromatic nitrogens is 2. The third kappa shape index (κ3) is 4.40. The SMILES string of the molecule is COC(=O)Nc1nc2cc(OS(=O)(=O)c3ccc(C4CCCCC4)cc3)ccc2[nH]1. The van der Waals surface area contributed by atoms with E-state index in [-0.39, 0.29) is 16.6 Å². The quantitative estimate of drug-likeness (QED) is 0.576. The summed E-state index contributed by atoms with van der Waals surface area (Å²) in [6.07, 6.45) is 5.36. The van der Waals surface area contributed by atoms with Crippen LogP contribution in [-0.4, -0.2) is 31.6 Å². The second-order valence-electron chi connectivity index (χ2n) is 7.32. The first-order chi connectivity index (χ1) is 14.4. The number of benzene rings is 2. The zero-order chi connectivity index (χ0) is 21.1. The smallest absolute Gasteiger partial charge is 0.413 e. The van der Waals surface area contributed by atoms with Crippen molar-refractivity contribution >= 4 is 33.2 Å². The Morgan fingerprint density at radius 3 is 2.53 bits per heavy atom. The fourth-order valence-electron chi connectivity index (χ4n) is 3.76. The number of H-pyrrole nitrogens is 1. The first kappa shape index (κ1) is 20.2. The molecule has 1 aliphatic carbocycles. The Labute approximate surface area is 174 Å². The van der Waals surface area contributed by atoms with Crippen LogP contribution in [0.25, 0.3) is 11.0 Å². The highest BCUT2D eigenvalue weighted by Crippen LogP contribution is 2.33. The number of nitrogens with one attached hydrogen (secondary N) is 2. The van der Waals surface area contributed by atoms with Crippen molar-refractivity contribution in [2.24, 2.45) is 0 Å². The Bertz CT molecular complexity index is 1150. The van der Waals surface area contributed by atoms with Gasteiger partial charge in [0.2, 0.25) is 5.95 Å². The molecule has 0 saturated heterocycles. The molecule has 0 spiro atoms. The molecule has 0 aliphatic heterocycles. The summed E-state index contributed by atoms with van der Waals surface area (Å²) in [6.45, 7) is 0. The van der Waals surface area contributed by atoms with Crippen LogP contribution in [0.4, 0.5) is 10.7 Å². The van der Waals surface area contributed by atoms with E-state index in [1.54, 1.807) is 18.2 Å². The van der Waals surface area contributed by atoms with Crippen molar-refractivity contribution in [1.82, 2.24) is 9.97 Å². The molecule has 0 atom stereocenters. The number of nitrogens with zero attached hydrogens (tertiary/aromatic N) is 1. The summed E-state index contributed by atoms with van der Waals surface area (Å²) in [5, 5.41) is 2.42. The van der Waals surface area contributed by atoms with Gasteiger partial charge >= 0.3 is 16.2 Å². The number of methoxy groups -OCH3 is 1. The van der Waals surface area contributed by atoms with Gasteiger partial charge in [-0.05, 0) is 48.6 Å². The van der Waals surface area contributed by atoms with Gasteiger partial charge in [0.05, 0.1) is 18.1 Å². The van der Waals surface area contributed by atoms with E-state index in [0.717, 1.165) is 12.8 Å². The fraction of sp³-hybridized carbons (Fsp3) is 0.333. The van der Waals surface area contributed by atoms with Crippen molar-refractivity contribution in [3.63, 3.8) is 0 Å². The molecule has 2 N–H and O–H groups in total. The average Bonchev–Trinajstić information content (AvgIpc) is 3.15. The molecule has 30 heavy (non-hydrogen) atoms. The third-order valence-electron chi connectivity index (χ3n) is 5.31. The van der Waals surface area contributed by atoms with Gasteiger partial charge in [-0.1, -0.05) is 31.4 Å². The number of carbonyl (C=O) groups excluding carboxylic acids is 1. The number of amides is 1. The summed E-state index contributed by atoms with van der Waals surface area (Å²) in [6, 6.07) is 11.6. The van der Waals surface area contributed by atoms with E-state index in [2.05, 4.69) is 20.0 Å². The van der Waals surface area contributed by atoms with Gasteiger partial charge in [-0.15, -0.1) is 0 Å². The molecule has 0 radical (unpaired) electrons. The van der Waals surface area contributed by atoms with Crippen LogP contribution in [0, 0.1) is 0 Å². The second kappa shape index (κ2) is 8.35. The number of hydrogen-bond acceptors (Lipinski definition) is 6. The van der Waals surface area contributed by atoms with Gasteiger partial charge in [0.25, 0.3) is 0 Å². The Morgan fingerprint density at radius 2 is 1.83 bits per heavy atom. The Morgan fingerprint density at radius 1 is 1.10 bits per heavy atom. The number of rotatable bonds is 5.